The van der Waals surface area contributed by atoms with Crippen LogP contribution in [0.25, 0.3) is 0 Å². The van der Waals surface area contributed by atoms with E-state index < -0.39 is 6.03 Å². The molecular formula is C13H10Cl2N2O2. The lowest BCUT2D eigenvalue weighted by atomic mass is 10.3. The van der Waals surface area contributed by atoms with Gasteiger partial charge in [-0.05, 0) is 36.4 Å². The molecule has 2 aromatic carbocycles. The van der Waals surface area contributed by atoms with E-state index in [-0.39, 0.29) is 10.8 Å². The van der Waals surface area contributed by atoms with Gasteiger partial charge in [-0.1, -0.05) is 23.2 Å². The van der Waals surface area contributed by atoms with Crippen LogP contribution in [0.5, 0.6) is 5.75 Å². The van der Waals surface area contributed by atoms with E-state index in [2.05, 4.69) is 10.6 Å². The van der Waals surface area contributed by atoms with Crippen molar-refractivity contribution in [2.24, 2.45) is 0 Å². The number of phenolic OH excluding ortho intramolecular Hbond substituents is 1. The Morgan fingerprint density at radius 3 is 2.16 bits per heavy atom. The molecule has 0 bridgehead atoms. The number of phenols is 1. The quantitative estimate of drug-likeness (QED) is 0.772. The molecule has 0 spiro atoms. The van der Waals surface area contributed by atoms with Crippen molar-refractivity contribution in [1.82, 2.24) is 0 Å². The van der Waals surface area contributed by atoms with Gasteiger partial charge in [0.05, 0.1) is 5.02 Å². The van der Waals surface area contributed by atoms with E-state index in [1.807, 2.05) is 0 Å². The second-order valence-electron chi connectivity index (χ2n) is 3.75. The second kappa shape index (κ2) is 5.82. The summed E-state index contributed by atoms with van der Waals surface area (Å²) in [6, 6.07) is 10.7. The van der Waals surface area contributed by atoms with E-state index in [4.69, 9.17) is 23.2 Å². The maximum absolute atomic E-state index is 11.7. The van der Waals surface area contributed by atoms with E-state index in [1.54, 1.807) is 30.3 Å². The van der Waals surface area contributed by atoms with Crippen molar-refractivity contribution in [3.8, 4) is 5.75 Å². The molecule has 0 aliphatic heterocycles. The normalized spacial score (nSPS) is 10.0. The van der Waals surface area contributed by atoms with Crippen LogP contribution in [0.2, 0.25) is 10.0 Å². The van der Waals surface area contributed by atoms with E-state index in [1.165, 1.54) is 12.1 Å². The summed E-state index contributed by atoms with van der Waals surface area (Å²) >= 11 is 11.4. The van der Waals surface area contributed by atoms with Crippen molar-refractivity contribution >= 4 is 40.6 Å². The van der Waals surface area contributed by atoms with E-state index >= 15 is 0 Å². The first-order valence-corrected chi connectivity index (χ1v) is 6.12. The first-order chi connectivity index (χ1) is 9.04. The minimum Gasteiger partial charge on any atom is -0.506 e. The van der Waals surface area contributed by atoms with Crippen LogP contribution < -0.4 is 10.6 Å². The highest BCUT2D eigenvalue weighted by atomic mass is 35.5. The fourth-order valence-corrected chi connectivity index (χ4v) is 1.66. The minimum absolute atomic E-state index is 0.0917. The molecule has 6 heteroatoms. The van der Waals surface area contributed by atoms with Crippen LogP contribution in [-0.2, 0) is 0 Å². The van der Waals surface area contributed by atoms with Gasteiger partial charge in [0.25, 0.3) is 0 Å². The lowest BCUT2D eigenvalue weighted by molar-refractivity contribution is 0.262. The van der Waals surface area contributed by atoms with Crippen LogP contribution >= 0.6 is 23.2 Å². The Bertz CT molecular complexity index is 600. The van der Waals surface area contributed by atoms with Crippen molar-refractivity contribution in [3.63, 3.8) is 0 Å². The number of aromatic hydroxyl groups is 1. The van der Waals surface area contributed by atoms with Gasteiger partial charge < -0.3 is 15.7 Å². The van der Waals surface area contributed by atoms with Crippen LogP contribution in [0.1, 0.15) is 0 Å². The predicted molar refractivity (Wildman–Crippen MR) is 77.2 cm³/mol. The Balaban J connectivity index is 2.01. The molecule has 4 nitrogen and oxygen atoms in total. The molecule has 19 heavy (non-hydrogen) atoms. The third-order valence-electron chi connectivity index (χ3n) is 2.31. The number of halogens is 2. The van der Waals surface area contributed by atoms with Gasteiger partial charge in [-0.2, -0.15) is 0 Å². The van der Waals surface area contributed by atoms with Crippen molar-refractivity contribution < 1.29 is 9.90 Å². The molecule has 3 N–H and O–H groups in total. The summed E-state index contributed by atoms with van der Waals surface area (Å²) in [4.78, 5) is 11.7. The molecule has 0 saturated heterocycles. The zero-order valence-electron chi connectivity index (χ0n) is 9.65. The van der Waals surface area contributed by atoms with Crippen LogP contribution in [0.4, 0.5) is 16.2 Å². The molecule has 0 heterocycles. The van der Waals surface area contributed by atoms with Crippen molar-refractivity contribution in [2.45, 2.75) is 0 Å². The van der Waals surface area contributed by atoms with Crippen LogP contribution in [0.15, 0.2) is 42.5 Å². The Morgan fingerprint density at radius 2 is 1.53 bits per heavy atom. The number of urea groups is 1. The molecule has 0 saturated carbocycles. The molecule has 0 radical (unpaired) electrons. The standard InChI is InChI=1S/C13H10Cl2N2O2/c14-8-1-3-9(4-2-8)16-13(19)17-10-5-6-11(15)12(18)7-10/h1-7,18H,(H2,16,17,19). The van der Waals surface area contributed by atoms with Gasteiger partial charge in [-0.25, -0.2) is 4.79 Å². The Morgan fingerprint density at radius 1 is 0.947 bits per heavy atom. The first kappa shape index (κ1) is 13.5. The molecular weight excluding hydrogens is 287 g/mol. The maximum Gasteiger partial charge on any atom is 0.323 e. The van der Waals surface area contributed by atoms with Crippen LogP contribution in [-0.4, -0.2) is 11.1 Å². The molecule has 98 valence electrons. The summed E-state index contributed by atoms with van der Waals surface area (Å²) in [7, 11) is 0. The van der Waals surface area contributed by atoms with Crippen molar-refractivity contribution in [3.05, 3.63) is 52.5 Å². The topological polar surface area (TPSA) is 61.4 Å². The van der Waals surface area contributed by atoms with Crippen molar-refractivity contribution in [2.75, 3.05) is 10.6 Å². The lowest BCUT2D eigenvalue weighted by Crippen LogP contribution is -2.19. The summed E-state index contributed by atoms with van der Waals surface area (Å²) in [6.45, 7) is 0. The maximum atomic E-state index is 11.7. The lowest BCUT2D eigenvalue weighted by Gasteiger charge is -2.08. The largest absolute Gasteiger partial charge is 0.506 e. The fraction of sp³-hybridized carbons (Fsp3) is 0. The summed E-state index contributed by atoms with van der Waals surface area (Å²) in [6.07, 6.45) is 0. The monoisotopic (exact) mass is 296 g/mol. The molecule has 0 fully saturated rings. The number of hydrogen-bond donors (Lipinski definition) is 3. The van der Waals surface area contributed by atoms with E-state index in [9.17, 15) is 9.90 Å². The summed E-state index contributed by atoms with van der Waals surface area (Å²) in [5.74, 6) is -0.0917. The first-order valence-electron chi connectivity index (χ1n) is 5.37. The molecule has 0 aliphatic rings. The van der Waals surface area contributed by atoms with Gasteiger partial charge in [-0.15, -0.1) is 0 Å². The third kappa shape index (κ3) is 3.77. The van der Waals surface area contributed by atoms with Gasteiger partial charge in [0.15, 0.2) is 0 Å². The van der Waals surface area contributed by atoms with Gasteiger partial charge in [0.2, 0.25) is 0 Å². The number of rotatable bonds is 2. The molecule has 0 aliphatic carbocycles. The fourth-order valence-electron chi connectivity index (χ4n) is 1.42. The number of benzene rings is 2. The van der Waals surface area contributed by atoms with E-state index in [0.717, 1.165) is 0 Å². The number of carbonyl (C=O) groups excluding carboxylic acids is 1. The zero-order valence-corrected chi connectivity index (χ0v) is 11.2. The van der Waals surface area contributed by atoms with Gasteiger partial charge in [0.1, 0.15) is 5.75 Å². The smallest absolute Gasteiger partial charge is 0.323 e. The Kier molecular flexibility index (Phi) is 4.14. The SMILES string of the molecule is O=C(Nc1ccc(Cl)cc1)Nc1ccc(Cl)c(O)c1. The number of amides is 2. The molecule has 2 aromatic rings. The highest BCUT2D eigenvalue weighted by molar-refractivity contribution is 6.32. The molecule has 2 rings (SSSR count). The third-order valence-corrected chi connectivity index (χ3v) is 2.88. The summed E-state index contributed by atoms with van der Waals surface area (Å²) < 4.78 is 0. The molecule has 2 amide bonds. The van der Waals surface area contributed by atoms with E-state index in [0.29, 0.717) is 16.4 Å². The number of hydrogen-bond acceptors (Lipinski definition) is 2. The van der Waals surface area contributed by atoms with Crippen molar-refractivity contribution in [1.29, 1.82) is 0 Å². The summed E-state index contributed by atoms with van der Waals surface area (Å²) in [5.41, 5.74) is 1.05. The molecule has 0 unspecified atom stereocenters. The highest BCUT2D eigenvalue weighted by Crippen LogP contribution is 2.26. The molecule has 0 aromatic heterocycles. The number of carbonyl (C=O) groups is 1. The van der Waals surface area contributed by atoms with Gasteiger partial charge >= 0.3 is 6.03 Å². The Labute approximate surface area is 120 Å². The average Bonchev–Trinajstić information content (AvgIpc) is 2.37. The Hall–Kier alpha value is -1.91. The van der Waals surface area contributed by atoms with Crippen LogP contribution in [0, 0.1) is 0 Å². The molecule has 0 atom stereocenters. The average molecular weight is 297 g/mol. The zero-order chi connectivity index (χ0) is 13.8. The predicted octanol–water partition coefficient (Wildman–Crippen LogP) is 4.34. The van der Waals surface area contributed by atoms with Gasteiger partial charge in [0, 0.05) is 22.5 Å². The highest BCUT2D eigenvalue weighted by Gasteiger charge is 2.05. The van der Waals surface area contributed by atoms with Crippen LogP contribution in [0.3, 0.4) is 0 Å². The summed E-state index contributed by atoms with van der Waals surface area (Å²) in [5, 5.41) is 15.4. The number of nitrogens with one attached hydrogen (secondary N) is 2. The number of anilines is 2. The van der Waals surface area contributed by atoms with Gasteiger partial charge in [-0.3, -0.25) is 0 Å². The minimum atomic E-state index is -0.427. The second-order valence-corrected chi connectivity index (χ2v) is 4.60.